The van der Waals surface area contributed by atoms with Gasteiger partial charge in [-0.1, -0.05) is 20.3 Å². The minimum Gasteiger partial charge on any atom is -0.494 e. The Labute approximate surface area is 123 Å². The molecule has 0 aliphatic carbocycles. The predicted molar refractivity (Wildman–Crippen MR) is 85.6 cm³/mol. The average Bonchev–Trinajstić information content (AvgIpc) is 2.37. The van der Waals surface area contributed by atoms with Crippen LogP contribution in [0, 0.1) is 0 Å². The molecule has 0 radical (unpaired) electrons. The second kappa shape index (κ2) is 7.48. The molecular formula is C16H29N3O. The molecule has 114 valence electrons. The van der Waals surface area contributed by atoms with Crippen LogP contribution < -0.4 is 5.73 Å². The topological polar surface area (TPSA) is 50.8 Å². The summed E-state index contributed by atoms with van der Waals surface area (Å²) in [5.41, 5.74) is 7.62. The standard InChI is InChI=1S/C16H29N3O/c1-6-8-11-20-13-9-10-19(5)15(12-13)14(7-2)18-16(3,4)17/h9,12H,6-8,10-11,17H2,1-5H3. The summed E-state index contributed by atoms with van der Waals surface area (Å²) in [6.07, 6.45) is 7.28. The molecule has 1 heterocycles. The van der Waals surface area contributed by atoms with Crippen LogP contribution in [0.3, 0.4) is 0 Å². The number of ether oxygens (including phenoxy) is 1. The van der Waals surface area contributed by atoms with Crippen molar-refractivity contribution in [2.75, 3.05) is 20.2 Å². The van der Waals surface area contributed by atoms with Gasteiger partial charge in [-0.25, -0.2) is 0 Å². The van der Waals surface area contributed by atoms with Crippen LogP contribution >= 0.6 is 0 Å². The van der Waals surface area contributed by atoms with Crippen molar-refractivity contribution < 1.29 is 4.74 Å². The maximum absolute atomic E-state index is 6.02. The van der Waals surface area contributed by atoms with Gasteiger partial charge in [0.1, 0.15) is 11.4 Å². The van der Waals surface area contributed by atoms with Gasteiger partial charge >= 0.3 is 0 Å². The molecule has 0 aromatic carbocycles. The second-order valence-electron chi connectivity index (χ2n) is 5.78. The van der Waals surface area contributed by atoms with Crippen molar-refractivity contribution in [1.82, 2.24) is 4.90 Å². The van der Waals surface area contributed by atoms with Gasteiger partial charge in [-0.3, -0.25) is 4.99 Å². The molecule has 0 saturated carbocycles. The summed E-state index contributed by atoms with van der Waals surface area (Å²) in [5, 5.41) is 0. The Kier molecular flexibility index (Phi) is 6.27. The molecule has 2 N–H and O–H groups in total. The highest BCUT2D eigenvalue weighted by molar-refractivity contribution is 6.00. The minimum atomic E-state index is -0.544. The largest absolute Gasteiger partial charge is 0.494 e. The molecule has 0 aromatic heterocycles. The smallest absolute Gasteiger partial charge is 0.119 e. The lowest BCUT2D eigenvalue weighted by Gasteiger charge is -2.28. The molecule has 1 aliphatic heterocycles. The number of hydrogen-bond donors (Lipinski definition) is 1. The van der Waals surface area contributed by atoms with E-state index in [0.29, 0.717) is 0 Å². The molecule has 0 atom stereocenters. The molecule has 0 bridgehead atoms. The Morgan fingerprint density at radius 3 is 2.70 bits per heavy atom. The van der Waals surface area contributed by atoms with Gasteiger partial charge in [0.05, 0.1) is 18.0 Å². The van der Waals surface area contributed by atoms with E-state index in [-0.39, 0.29) is 0 Å². The molecule has 0 saturated heterocycles. The summed E-state index contributed by atoms with van der Waals surface area (Å²) < 4.78 is 5.80. The highest BCUT2D eigenvalue weighted by Gasteiger charge is 2.18. The van der Waals surface area contributed by atoms with Crippen LogP contribution in [0.4, 0.5) is 0 Å². The van der Waals surface area contributed by atoms with E-state index in [1.807, 2.05) is 13.8 Å². The van der Waals surface area contributed by atoms with Crippen molar-refractivity contribution >= 4 is 5.71 Å². The number of nitrogens with zero attached hydrogens (tertiary/aromatic N) is 2. The predicted octanol–water partition coefficient (Wildman–Crippen LogP) is 3.06. The van der Waals surface area contributed by atoms with E-state index in [2.05, 4.69) is 42.9 Å². The zero-order chi connectivity index (χ0) is 15.2. The van der Waals surface area contributed by atoms with Crippen molar-refractivity contribution in [2.24, 2.45) is 10.7 Å². The molecule has 0 amide bonds. The number of unbranched alkanes of at least 4 members (excludes halogenated alkanes) is 1. The molecule has 0 spiro atoms. The fraction of sp³-hybridized carbons (Fsp3) is 0.688. The van der Waals surface area contributed by atoms with Crippen molar-refractivity contribution in [3.8, 4) is 0 Å². The first kappa shape index (κ1) is 16.8. The van der Waals surface area contributed by atoms with E-state index in [1.165, 1.54) is 0 Å². The van der Waals surface area contributed by atoms with Gasteiger partial charge in [-0.15, -0.1) is 0 Å². The molecule has 4 heteroatoms. The number of rotatable bonds is 7. The Balaban J connectivity index is 2.89. The monoisotopic (exact) mass is 279 g/mol. The zero-order valence-electron chi connectivity index (χ0n) is 13.6. The first-order valence-electron chi connectivity index (χ1n) is 7.51. The number of allylic oxidation sites excluding steroid dienone is 2. The van der Waals surface area contributed by atoms with E-state index < -0.39 is 5.66 Å². The third kappa shape index (κ3) is 5.37. The fourth-order valence-corrected chi connectivity index (χ4v) is 2.03. The van der Waals surface area contributed by atoms with E-state index in [4.69, 9.17) is 10.5 Å². The van der Waals surface area contributed by atoms with Crippen LogP contribution in [-0.4, -0.2) is 36.5 Å². The van der Waals surface area contributed by atoms with Gasteiger partial charge in [-0.2, -0.15) is 0 Å². The van der Waals surface area contributed by atoms with Crippen LogP contribution in [0.5, 0.6) is 0 Å². The van der Waals surface area contributed by atoms with Gasteiger partial charge < -0.3 is 15.4 Å². The lowest BCUT2D eigenvalue weighted by molar-refractivity contribution is 0.213. The Hall–Kier alpha value is -1.29. The maximum Gasteiger partial charge on any atom is 0.119 e. The molecule has 0 unspecified atom stereocenters. The number of likely N-dealkylation sites (N-methyl/N-ethyl adjacent to an activating group) is 1. The molecule has 0 aromatic rings. The highest BCUT2D eigenvalue weighted by atomic mass is 16.5. The summed E-state index contributed by atoms with van der Waals surface area (Å²) in [6, 6.07) is 0. The lowest BCUT2D eigenvalue weighted by Crippen LogP contribution is -2.34. The molecule has 0 fully saturated rings. The van der Waals surface area contributed by atoms with E-state index in [1.54, 1.807) is 0 Å². The van der Waals surface area contributed by atoms with Gasteiger partial charge in [0.15, 0.2) is 0 Å². The van der Waals surface area contributed by atoms with Crippen molar-refractivity contribution in [2.45, 2.75) is 52.6 Å². The summed E-state index contributed by atoms with van der Waals surface area (Å²) in [7, 11) is 2.07. The first-order chi connectivity index (χ1) is 9.37. The van der Waals surface area contributed by atoms with Crippen LogP contribution in [0.25, 0.3) is 0 Å². The van der Waals surface area contributed by atoms with Crippen molar-refractivity contribution in [1.29, 1.82) is 0 Å². The quantitative estimate of drug-likeness (QED) is 0.575. The summed E-state index contributed by atoms with van der Waals surface area (Å²) >= 11 is 0. The van der Waals surface area contributed by atoms with Gasteiger partial charge in [0, 0.05) is 19.7 Å². The van der Waals surface area contributed by atoms with Crippen molar-refractivity contribution in [3.05, 3.63) is 23.6 Å². The van der Waals surface area contributed by atoms with Crippen LogP contribution in [0.2, 0.25) is 0 Å². The SMILES string of the molecule is CCCCOC1=CCN(C)C(C(CC)=NC(C)(C)N)=C1. The van der Waals surface area contributed by atoms with E-state index in [9.17, 15) is 0 Å². The summed E-state index contributed by atoms with van der Waals surface area (Å²) in [6.45, 7) is 9.73. The van der Waals surface area contributed by atoms with Gasteiger partial charge in [0.25, 0.3) is 0 Å². The van der Waals surface area contributed by atoms with E-state index in [0.717, 1.165) is 49.6 Å². The molecule has 1 rings (SSSR count). The van der Waals surface area contributed by atoms with E-state index >= 15 is 0 Å². The average molecular weight is 279 g/mol. The molecular weight excluding hydrogens is 250 g/mol. The fourth-order valence-electron chi connectivity index (χ4n) is 2.03. The third-order valence-electron chi connectivity index (χ3n) is 3.08. The van der Waals surface area contributed by atoms with Gasteiger partial charge in [-0.05, 0) is 32.8 Å². The molecule has 20 heavy (non-hydrogen) atoms. The van der Waals surface area contributed by atoms with Gasteiger partial charge in [0.2, 0.25) is 0 Å². The van der Waals surface area contributed by atoms with Crippen LogP contribution in [0.1, 0.15) is 47.0 Å². The maximum atomic E-state index is 6.02. The number of aliphatic imine (C=N–C) groups is 1. The lowest BCUT2D eigenvalue weighted by atomic mass is 10.1. The Morgan fingerprint density at radius 1 is 1.45 bits per heavy atom. The summed E-state index contributed by atoms with van der Waals surface area (Å²) in [4.78, 5) is 6.82. The number of nitrogens with two attached hydrogens (primary N) is 1. The van der Waals surface area contributed by atoms with Crippen LogP contribution in [-0.2, 0) is 4.74 Å². The molecule has 1 aliphatic rings. The normalized spacial score (nSPS) is 16.9. The minimum absolute atomic E-state index is 0.544. The number of hydrogen-bond acceptors (Lipinski definition) is 4. The highest BCUT2D eigenvalue weighted by Crippen LogP contribution is 2.19. The zero-order valence-corrected chi connectivity index (χ0v) is 13.6. The summed E-state index contributed by atoms with van der Waals surface area (Å²) in [5.74, 6) is 0.947. The Bertz CT molecular complexity index is 402. The van der Waals surface area contributed by atoms with Crippen molar-refractivity contribution in [3.63, 3.8) is 0 Å². The molecule has 4 nitrogen and oxygen atoms in total. The first-order valence-corrected chi connectivity index (χ1v) is 7.51. The second-order valence-corrected chi connectivity index (χ2v) is 5.78. The Morgan fingerprint density at radius 2 is 2.15 bits per heavy atom. The third-order valence-corrected chi connectivity index (χ3v) is 3.08. The van der Waals surface area contributed by atoms with Crippen LogP contribution in [0.15, 0.2) is 28.6 Å².